The summed E-state index contributed by atoms with van der Waals surface area (Å²) >= 11 is 0. The maximum Gasteiger partial charge on any atom is 0.264 e. The van der Waals surface area contributed by atoms with Crippen molar-refractivity contribution in [2.75, 3.05) is 17.4 Å². The fourth-order valence-corrected chi connectivity index (χ4v) is 4.49. The van der Waals surface area contributed by atoms with Crippen LogP contribution in [0.2, 0.25) is 0 Å². The molecule has 2 aromatic carbocycles. The summed E-state index contributed by atoms with van der Waals surface area (Å²) < 4.78 is 27.0. The second kappa shape index (κ2) is 6.81. The Morgan fingerprint density at radius 1 is 1.20 bits per heavy atom. The molecule has 3 rings (SSSR count). The average molecular weight is 362 g/mol. The summed E-state index contributed by atoms with van der Waals surface area (Å²) in [6, 6.07) is 13.3. The van der Waals surface area contributed by atoms with Crippen molar-refractivity contribution in [2.24, 2.45) is 0 Å². The van der Waals surface area contributed by atoms with E-state index in [0.717, 1.165) is 5.56 Å². The van der Waals surface area contributed by atoms with Crippen LogP contribution in [-0.2, 0) is 16.4 Å². The van der Waals surface area contributed by atoms with Gasteiger partial charge in [0.05, 0.1) is 16.7 Å². The Kier molecular flexibility index (Phi) is 4.73. The Labute approximate surface area is 145 Å². The third kappa shape index (κ3) is 3.49. The smallest absolute Gasteiger partial charge is 0.264 e. The second-order valence-electron chi connectivity index (χ2n) is 5.89. The lowest BCUT2D eigenvalue weighted by atomic mass is 10.0. The molecule has 2 aromatic rings. The van der Waals surface area contributed by atoms with Crippen LogP contribution in [0.15, 0.2) is 53.4 Å². The highest BCUT2D eigenvalue weighted by Gasteiger charge is 2.31. The van der Waals surface area contributed by atoms with Gasteiger partial charge in [-0.3, -0.25) is 14.4 Å². The summed E-state index contributed by atoms with van der Waals surface area (Å²) in [5.74, 6) is 0. The van der Waals surface area contributed by atoms with Crippen molar-refractivity contribution in [3.63, 3.8) is 0 Å². The fraction of sp³-hybridized carbons (Fsp3) is 0.294. The molecule has 1 heterocycles. The summed E-state index contributed by atoms with van der Waals surface area (Å²) in [6.07, 6.45) is -0.370. The van der Waals surface area contributed by atoms with E-state index < -0.39 is 21.1 Å². The molecule has 0 saturated heterocycles. The zero-order chi connectivity index (χ0) is 18.0. The van der Waals surface area contributed by atoms with Gasteiger partial charge in [0.1, 0.15) is 0 Å². The van der Waals surface area contributed by atoms with Gasteiger partial charge in [0.2, 0.25) is 6.54 Å². The van der Waals surface area contributed by atoms with Gasteiger partial charge < -0.3 is 5.11 Å². The van der Waals surface area contributed by atoms with E-state index in [1.165, 1.54) is 4.31 Å². The Balaban J connectivity index is 1.86. The van der Waals surface area contributed by atoms with Crippen LogP contribution in [0, 0.1) is 10.1 Å². The number of nitro groups is 1. The molecule has 1 aliphatic heterocycles. The van der Waals surface area contributed by atoms with Gasteiger partial charge in [-0.2, -0.15) is 0 Å². The first kappa shape index (κ1) is 17.4. The lowest BCUT2D eigenvalue weighted by molar-refractivity contribution is -0.482. The van der Waals surface area contributed by atoms with Gasteiger partial charge in [-0.15, -0.1) is 0 Å². The van der Waals surface area contributed by atoms with Crippen LogP contribution in [0.5, 0.6) is 0 Å². The number of rotatable bonds is 6. The van der Waals surface area contributed by atoms with Gasteiger partial charge >= 0.3 is 0 Å². The minimum Gasteiger partial charge on any atom is -0.388 e. The number of aliphatic hydroxyl groups is 1. The molecule has 1 N–H and O–H groups in total. The predicted molar refractivity (Wildman–Crippen MR) is 92.6 cm³/mol. The molecular weight excluding hydrogens is 344 g/mol. The molecular formula is C17H18N2O5S. The van der Waals surface area contributed by atoms with Crippen LogP contribution < -0.4 is 4.31 Å². The van der Waals surface area contributed by atoms with Gasteiger partial charge in [-0.05, 0) is 35.7 Å². The number of hydrogen-bond donors (Lipinski definition) is 1. The highest BCUT2D eigenvalue weighted by Crippen LogP contribution is 2.35. The van der Waals surface area contributed by atoms with Crippen molar-refractivity contribution in [1.82, 2.24) is 0 Å². The zero-order valence-electron chi connectivity index (χ0n) is 13.4. The maximum atomic E-state index is 12.8. The van der Waals surface area contributed by atoms with Crippen molar-refractivity contribution in [3.8, 4) is 0 Å². The standard InChI is InChI=1S/C17H18N2O5S/c20-17(9-11-19(21)22)14-6-7-16-13(12-14)8-10-18(16)25(23,24)15-4-2-1-3-5-15/h1-7,12,17,20H,8-11H2. The molecule has 7 nitrogen and oxygen atoms in total. The fourth-order valence-electron chi connectivity index (χ4n) is 2.96. The van der Waals surface area contributed by atoms with Crippen LogP contribution in [0.1, 0.15) is 23.7 Å². The highest BCUT2D eigenvalue weighted by atomic mass is 32.2. The lowest BCUT2D eigenvalue weighted by Crippen LogP contribution is -2.29. The Morgan fingerprint density at radius 2 is 1.92 bits per heavy atom. The first-order chi connectivity index (χ1) is 11.9. The normalized spacial score (nSPS) is 15.0. The molecule has 0 saturated carbocycles. The molecule has 1 atom stereocenters. The first-order valence-electron chi connectivity index (χ1n) is 7.90. The number of nitrogens with zero attached hydrogens (tertiary/aromatic N) is 2. The molecule has 0 spiro atoms. The van der Waals surface area contributed by atoms with E-state index in [4.69, 9.17) is 0 Å². The molecule has 0 aromatic heterocycles. The van der Waals surface area contributed by atoms with E-state index in [0.29, 0.717) is 24.2 Å². The molecule has 1 aliphatic rings. The largest absolute Gasteiger partial charge is 0.388 e. The van der Waals surface area contributed by atoms with Gasteiger partial charge in [0.25, 0.3) is 10.0 Å². The SMILES string of the molecule is O=[N+]([O-])CCC(O)c1ccc2c(c1)CCN2S(=O)(=O)c1ccccc1. The van der Waals surface area contributed by atoms with E-state index in [9.17, 15) is 23.6 Å². The predicted octanol–water partition coefficient (Wildman–Crippen LogP) is 2.14. The summed E-state index contributed by atoms with van der Waals surface area (Å²) in [7, 11) is -3.63. The van der Waals surface area contributed by atoms with E-state index >= 15 is 0 Å². The van der Waals surface area contributed by atoms with E-state index in [-0.39, 0.29) is 17.9 Å². The minimum absolute atomic E-state index is 0.0256. The summed E-state index contributed by atoms with van der Waals surface area (Å²) in [5, 5.41) is 20.5. The average Bonchev–Trinajstić information content (AvgIpc) is 3.04. The zero-order valence-corrected chi connectivity index (χ0v) is 14.2. The third-order valence-electron chi connectivity index (χ3n) is 4.26. The minimum atomic E-state index is -3.63. The van der Waals surface area contributed by atoms with Crippen LogP contribution in [-0.4, -0.2) is 31.5 Å². The van der Waals surface area contributed by atoms with Gasteiger partial charge in [-0.1, -0.05) is 30.3 Å². The number of aliphatic hydroxyl groups excluding tert-OH is 1. The van der Waals surface area contributed by atoms with Crippen LogP contribution in [0.25, 0.3) is 0 Å². The van der Waals surface area contributed by atoms with Gasteiger partial charge in [0, 0.05) is 17.9 Å². The van der Waals surface area contributed by atoms with E-state index in [2.05, 4.69) is 0 Å². The highest BCUT2D eigenvalue weighted by molar-refractivity contribution is 7.92. The number of hydrogen-bond acceptors (Lipinski definition) is 5. The van der Waals surface area contributed by atoms with E-state index in [1.54, 1.807) is 48.5 Å². The summed E-state index contributed by atoms with van der Waals surface area (Å²) in [5.41, 5.74) is 1.98. The molecule has 132 valence electrons. The molecule has 25 heavy (non-hydrogen) atoms. The molecule has 0 aliphatic carbocycles. The molecule has 0 amide bonds. The van der Waals surface area contributed by atoms with Crippen molar-refractivity contribution >= 4 is 15.7 Å². The van der Waals surface area contributed by atoms with E-state index in [1.807, 2.05) is 0 Å². The number of benzene rings is 2. The monoisotopic (exact) mass is 362 g/mol. The van der Waals surface area contributed by atoms with Crippen molar-refractivity contribution < 1.29 is 18.4 Å². The Bertz CT molecular complexity index is 883. The van der Waals surface area contributed by atoms with Crippen LogP contribution in [0.3, 0.4) is 0 Å². The maximum absolute atomic E-state index is 12.8. The molecule has 1 unspecified atom stereocenters. The summed E-state index contributed by atoms with van der Waals surface area (Å²) in [6.45, 7) is 0.0216. The van der Waals surface area contributed by atoms with Crippen molar-refractivity contribution in [1.29, 1.82) is 0 Å². The molecule has 0 radical (unpaired) electrons. The second-order valence-corrected chi connectivity index (χ2v) is 7.75. The Hall–Kier alpha value is -2.45. The summed E-state index contributed by atoms with van der Waals surface area (Å²) in [4.78, 5) is 10.2. The van der Waals surface area contributed by atoms with Crippen LogP contribution in [0.4, 0.5) is 5.69 Å². The van der Waals surface area contributed by atoms with Crippen LogP contribution >= 0.6 is 0 Å². The topological polar surface area (TPSA) is 101 Å². The van der Waals surface area contributed by atoms with Crippen molar-refractivity contribution in [2.45, 2.75) is 23.8 Å². The van der Waals surface area contributed by atoms with Gasteiger partial charge in [-0.25, -0.2) is 8.42 Å². The third-order valence-corrected chi connectivity index (χ3v) is 6.08. The lowest BCUT2D eigenvalue weighted by Gasteiger charge is -2.20. The number of fused-ring (bicyclic) bond motifs is 1. The van der Waals surface area contributed by atoms with Gasteiger partial charge in [0.15, 0.2) is 0 Å². The molecule has 0 bridgehead atoms. The molecule has 0 fully saturated rings. The number of sulfonamides is 1. The number of anilines is 1. The quantitative estimate of drug-likeness (QED) is 0.627. The van der Waals surface area contributed by atoms with Crippen molar-refractivity contribution in [3.05, 3.63) is 69.8 Å². The first-order valence-corrected chi connectivity index (χ1v) is 9.34. The Morgan fingerprint density at radius 3 is 2.60 bits per heavy atom. The molecule has 8 heteroatoms.